The predicted octanol–water partition coefficient (Wildman–Crippen LogP) is 1.02. The first-order chi connectivity index (χ1) is 2.84. The molecular formula is C3H5O2P. The van der Waals surface area contributed by atoms with Gasteiger partial charge in [-0.25, -0.2) is 0 Å². The molecule has 0 aromatic carbocycles. The summed E-state index contributed by atoms with van der Waals surface area (Å²) in [6.07, 6.45) is 0.240. The molecule has 34 valence electrons. The largest absolute Gasteiger partial charge is 0.357 e. The summed E-state index contributed by atoms with van der Waals surface area (Å²) in [5.74, 6) is 0.0185. The molecular weight excluding hydrogens is 99.0 g/mol. The molecule has 0 aromatic heterocycles. The molecule has 0 spiro atoms. The molecule has 6 heavy (non-hydrogen) atoms. The van der Waals surface area contributed by atoms with Gasteiger partial charge in [0, 0.05) is 0 Å². The molecule has 0 bridgehead atoms. The smallest absolute Gasteiger partial charge is 0.190 e. The van der Waals surface area contributed by atoms with Gasteiger partial charge < -0.3 is 4.74 Å². The maximum absolute atomic E-state index is 9.75. The van der Waals surface area contributed by atoms with Crippen LogP contribution in [0.15, 0.2) is 0 Å². The Morgan fingerprint density at radius 3 is 2.33 bits per heavy atom. The van der Waals surface area contributed by atoms with E-state index in [0.29, 0.717) is 0 Å². The van der Waals surface area contributed by atoms with Crippen molar-refractivity contribution in [1.29, 1.82) is 0 Å². The zero-order valence-electron chi connectivity index (χ0n) is 3.42. The maximum Gasteiger partial charge on any atom is 0.190 e. The first-order valence-electron chi connectivity index (χ1n) is 1.82. The Morgan fingerprint density at radius 2 is 2.33 bits per heavy atom. The number of ether oxygens (including phenoxy) is 1. The lowest BCUT2D eigenvalue weighted by Gasteiger charge is -1.56. The van der Waals surface area contributed by atoms with Crippen molar-refractivity contribution in [2.45, 2.75) is 18.9 Å². The monoisotopic (exact) mass is 104 g/mol. The van der Waals surface area contributed by atoms with Crippen molar-refractivity contribution in [3.05, 3.63) is 0 Å². The van der Waals surface area contributed by atoms with Crippen LogP contribution in [0.4, 0.5) is 0 Å². The standard InChI is InChI=1S/C3H5O2P/c1-2-3(5-2)6-4/h2-3H,1H3. The minimum Gasteiger partial charge on any atom is -0.357 e. The van der Waals surface area contributed by atoms with E-state index in [2.05, 4.69) is 0 Å². The average Bonchev–Trinajstić information content (AvgIpc) is 2.19. The molecule has 0 aliphatic carbocycles. The summed E-state index contributed by atoms with van der Waals surface area (Å²) < 4.78 is 14.5. The third kappa shape index (κ3) is 0.585. The molecule has 1 aliphatic rings. The van der Waals surface area contributed by atoms with E-state index >= 15 is 0 Å². The van der Waals surface area contributed by atoms with Crippen molar-refractivity contribution >= 4 is 8.46 Å². The minimum atomic E-state index is 0.0185. The molecule has 0 N–H and O–H groups in total. The van der Waals surface area contributed by atoms with E-state index in [4.69, 9.17) is 4.74 Å². The van der Waals surface area contributed by atoms with E-state index in [0.717, 1.165) is 0 Å². The number of hydrogen-bond donors (Lipinski definition) is 0. The van der Waals surface area contributed by atoms with Crippen LogP contribution in [0.2, 0.25) is 0 Å². The average molecular weight is 104 g/mol. The van der Waals surface area contributed by atoms with Gasteiger partial charge in [-0.3, -0.25) is 4.57 Å². The third-order valence-electron chi connectivity index (χ3n) is 0.783. The number of epoxide rings is 1. The first kappa shape index (κ1) is 4.23. The van der Waals surface area contributed by atoms with Gasteiger partial charge in [0.15, 0.2) is 14.3 Å². The zero-order chi connectivity index (χ0) is 4.57. The van der Waals surface area contributed by atoms with Crippen LogP contribution in [0, 0.1) is 0 Å². The molecule has 1 rings (SSSR count). The molecule has 0 amide bonds. The molecule has 0 aromatic rings. The Morgan fingerprint density at radius 1 is 1.83 bits per heavy atom. The quantitative estimate of drug-likeness (QED) is 0.367. The van der Waals surface area contributed by atoms with Gasteiger partial charge in [-0.1, -0.05) is 0 Å². The highest BCUT2D eigenvalue weighted by Gasteiger charge is 2.34. The molecule has 3 heteroatoms. The van der Waals surface area contributed by atoms with E-state index in [1.54, 1.807) is 0 Å². The van der Waals surface area contributed by atoms with Crippen molar-refractivity contribution < 1.29 is 9.30 Å². The summed E-state index contributed by atoms with van der Waals surface area (Å²) >= 11 is 0. The Balaban J connectivity index is 2.25. The molecule has 1 aliphatic heterocycles. The topological polar surface area (TPSA) is 29.6 Å². The summed E-state index contributed by atoms with van der Waals surface area (Å²) in [6.45, 7) is 1.90. The predicted molar refractivity (Wildman–Crippen MR) is 21.9 cm³/mol. The van der Waals surface area contributed by atoms with Gasteiger partial charge in [-0.2, -0.15) is 0 Å². The Hall–Kier alpha value is 0.0600. The van der Waals surface area contributed by atoms with Crippen LogP contribution in [0.25, 0.3) is 0 Å². The zero-order valence-corrected chi connectivity index (χ0v) is 4.31. The van der Waals surface area contributed by atoms with Crippen LogP contribution < -0.4 is 0 Å². The highest BCUT2D eigenvalue weighted by molar-refractivity contribution is 7.25. The van der Waals surface area contributed by atoms with Crippen molar-refractivity contribution in [2.75, 3.05) is 0 Å². The Bertz CT molecular complexity index is 73.2. The SMILES string of the molecule is CC1OC1P=O. The fourth-order valence-electron chi connectivity index (χ4n) is 0.285. The minimum absolute atomic E-state index is 0.0185. The van der Waals surface area contributed by atoms with Crippen LogP contribution in [-0.4, -0.2) is 11.9 Å². The van der Waals surface area contributed by atoms with Crippen molar-refractivity contribution in [1.82, 2.24) is 0 Å². The lowest BCUT2D eigenvalue weighted by molar-refractivity contribution is 0.409. The second-order valence-electron chi connectivity index (χ2n) is 1.34. The summed E-state index contributed by atoms with van der Waals surface area (Å²) in [6, 6.07) is 0. The highest BCUT2D eigenvalue weighted by Crippen LogP contribution is 2.30. The molecule has 0 radical (unpaired) electrons. The summed E-state index contributed by atoms with van der Waals surface area (Å²) in [4.78, 5) is 0. The molecule has 2 atom stereocenters. The molecule has 2 unspecified atom stereocenters. The second kappa shape index (κ2) is 1.28. The summed E-state index contributed by atoms with van der Waals surface area (Å²) in [5, 5.41) is 0. The van der Waals surface area contributed by atoms with E-state index in [-0.39, 0.29) is 20.4 Å². The van der Waals surface area contributed by atoms with Crippen LogP contribution >= 0.6 is 8.46 Å². The second-order valence-corrected chi connectivity index (χ2v) is 2.06. The maximum atomic E-state index is 9.75. The summed E-state index contributed by atoms with van der Waals surface area (Å²) in [5.41, 5.74) is 0. The van der Waals surface area contributed by atoms with Gasteiger partial charge in [0.2, 0.25) is 0 Å². The Kier molecular flexibility index (Phi) is 0.904. The van der Waals surface area contributed by atoms with Gasteiger partial charge in [-0.15, -0.1) is 0 Å². The molecule has 1 heterocycles. The number of rotatable bonds is 1. The van der Waals surface area contributed by atoms with Crippen molar-refractivity contribution in [3.63, 3.8) is 0 Å². The van der Waals surface area contributed by atoms with Crippen LogP contribution in [-0.2, 0) is 9.30 Å². The summed E-state index contributed by atoms with van der Waals surface area (Å²) in [7, 11) is 0.130. The molecule has 1 saturated heterocycles. The third-order valence-corrected chi connectivity index (χ3v) is 1.53. The van der Waals surface area contributed by atoms with Gasteiger partial charge in [-0.05, 0) is 6.92 Å². The van der Waals surface area contributed by atoms with E-state index in [1.165, 1.54) is 0 Å². The fraction of sp³-hybridized carbons (Fsp3) is 1.00. The van der Waals surface area contributed by atoms with Gasteiger partial charge in [0.1, 0.15) is 0 Å². The number of hydrogen-bond acceptors (Lipinski definition) is 2. The lowest BCUT2D eigenvalue weighted by atomic mass is 10.6. The van der Waals surface area contributed by atoms with Crippen molar-refractivity contribution in [2.24, 2.45) is 0 Å². The molecule has 2 nitrogen and oxygen atoms in total. The lowest BCUT2D eigenvalue weighted by Crippen LogP contribution is -1.70. The van der Waals surface area contributed by atoms with Crippen LogP contribution in [0.5, 0.6) is 0 Å². The van der Waals surface area contributed by atoms with Gasteiger partial charge in [0.25, 0.3) is 0 Å². The van der Waals surface area contributed by atoms with E-state index in [9.17, 15) is 4.57 Å². The van der Waals surface area contributed by atoms with Gasteiger partial charge >= 0.3 is 0 Å². The normalized spacial score (nSPS) is 43.5. The highest BCUT2D eigenvalue weighted by atomic mass is 31.1. The van der Waals surface area contributed by atoms with E-state index in [1.807, 2.05) is 6.92 Å². The molecule has 1 fully saturated rings. The van der Waals surface area contributed by atoms with Crippen LogP contribution in [0.3, 0.4) is 0 Å². The fourth-order valence-corrected chi connectivity index (χ4v) is 0.698. The van der Waals surface area contributed by atoms with Gasteiger partial charge in [0.05, 0.1) is 6.10 Å². The van der Waals surface area contributed by atoms with E-state index < -0.39 is 0 Å². The Labute approximate surface area is 37.7 Å². The van der Waals surface area contributed by atoms with Crippen LogP contribution in [0.1, 0.15) is 6.92 Å². The molecule has 0 saturated carbocycles. The van der Waals surface area contributed by atoms with Crippen molar-refractivity contribution in [3.8, 4) is 0 Å². The first-order valence-corrected chi connectivity index (χ1v) is 2.70.